The van der Waals surface area contributed by atoms with E-state index in [0.717, 1.165) is 23.7 Å². The van der Waals surface area contributed by atoms with Crippen LogP contribution in [0.4, 0.5) is 5.69 Å². The molecule has 2 heterocycles. The second-order valence-corrected chi connectivity index (χ2v) is 5.80. The lowest BCUT2D eigenvalue weighted by Crippen LogP contribution is -2.10. The third-order valence-electron chi connectivity index (χ3n) is 1.77. The average molecular weight is 274 g/mol. The number of sulfonamides is 1. The normalized spacial score (nSPS) is 11.3. The molecule has 0 aliphatic carbocycles. The van der Waals surface area contributed by atoms with Crippen LogP contribution in [0.15, 0.2) is 32.6 Å². The number of carboxylic acid groups (broad SMARTS) is 1. The van der Waals surface area contributed by atoms with E-state index in [4.69, 9.17) is 5.11 Å². The van der Waals surface area contributed by atoms with Gasteiger partial charge in [0, 0.05) is 5.38 Å². The van der Waals surface area contributed by atoms with Crippen LogP contribution in [-0.2, 0) is 10.0 Å². The predicted octanol–water partition coefficient (Wildman–Crippen LogP) is 1.24. The third kappa shape index (κ3) is 2.45. The maximum atomic E-state index is 11.8. The first-order chi connectivity index (χ1) is 7.99. The van der Waals surface area contributed by atoms with Crippen LogP contribution in [0.1, 0.15) is 10.4 Å². The second-order valence-electron chi connectivity index (χ2n) is 2.98. The monoisotopic (exact) mass is 274 g/mol. The number of carbonyl (C=O) groups is 1. The summed E-state index contributed by atoms with van der Waals surface area (Å²) in [4.78, 5) is 10.6. The third-order valence-corrected chi connectivity index (χ3v) is 4.59. The number of hydrogen-bond acceptors (Lipinski definition) is 6. The Hall–Kier alpha value is -1.87. The van der Waals surface area contributed by atoms with Crippen molar-refractivity contribution < 1.29 is 22.8 Å². The van der Waals surface area contributed by atoms with Gasteiger partial charge >= 0.3 is 5.97 Å². The molecule has 0 fully saturated rings. The van der Waals surface area contributed by atoms with Crippen molar-refractivity contribution in [3.05, 3.63) is 29.5 Å². The summed E-state index contributed by atoms with van der Waals surface area (Å²) < 4.78 is 30.1. The number of anilines is 1. The molecule has 2 rings (SSSR count). The van der Waals surface area contributed by atoms with Gasteiger partial charge in [0.05, 0.1) is 11.8 Å². The van der Waals surface area contributed by atoms with Gasteiger partial charge in [0.15, 0.2) is 0 Å². The Kier molecular flexibility index (Phi) is 2.86. The van der Waals surface area contributed by atoms with E-state index in [0.29, 0.717) is 0 Å². The summed E-state index contributed by atoms with van der Waals surface area (Å²) in [6.45, 7) is 0. The fraction of sp³-hybridized carbons (Fsp3) is 0. The molecule has 0 atom stereocenters. The van der Waals surface area contributed by atoms with E-state index in [2.05, 4.69) is 14.4 Å². The lowest BCUT2D eigenvalue weighted by Gasteiger charge is -2.01. The number of hydrogen-bond donors (Lipinski definition) is 2. The van der Waals surface area contributed by atoms with Crippen molar-refractivity contribution in [2.75, 3.05) is 4.72 Å². The number of aromatic carboxylic acids is 1. The number of nitrogens with zero attached hydrogens (tertiary/aromatic N) is 1. The van der Waals surface area contributed by atoms with Gasteiger partial charge in [-0.25, -0.2) is 13.2 Å². The molecule has 2 N–H and O–H groups in total. The molecule has 7 nitrogen and oxygen atoms in total. The highest BCUT2D eigenvalue weighted by molar-refractivity contribution is 7.94. The summed E-state index contributed by atoms with van der Waals surface area (Å²) in [6, 6.07) is 1.09. The van der Waals surface area contributed by atoms with Crippen LogP contribution in [0.2, 0.25) is 0 Å². The zero-order valence-electron chi connectivity index (χ0n) is 8.15. The lowest BCUT2D eigenvalue weighted by atomic mass is 10.4. The first-order valence-electron chi connectivity index (χ1n) is 4.23. The van der Waals surface area contributed by atoms with Crippen LogP contribution in [-0.4, -0.2) is 24.7 Å². The van der Waals surface area contributed by atoms with Crippen molar-refractivity contribution in [1.82, 2.24) is 5.16 Å². The molecular formula is C8H6N2O5S2. The largest absolute Gasteiger partial charge is 0.478 e. The molecule has 0 aliphatic rings. The van der Waals surface area contributed by atoms with Crippen molar-refractivity contribution in [2.45, 2.75) is 4.21 Å². The van der Waals surface area contributed by atoms with Gasteiger partial charge in [-0.15, -0.1) is 11.3 Å². The molecule has 2 aromatic rings. The Morgan fingerprint density at radius 1 is 1.53 bits per heavy atom. The zero-order valence-corrected chi connectivity index (χ0v) is 9.79. The van der Waals surface area contributed by atoms with E-state index in [-0.39, 0.29) is 15.5 Å². The number of thiophene rings is 1. The highest BCUT2D eigenvalue weighted by Gasteiger charge is 2.19. The Bertz CT molecular complexity index is 629. The second kappa shape index (κ2) is 4.18. The topological polar surface area (TPSA) is 110 Å². The summed E-state index contributed by atoms with van der Waals surface area (Å²) in [5.74, 6) is -1.17. The first kappa shape index (κ1) is 11.6. The molecule has 0 spiro atoms. The molecule has 0 aromatic carbocycles. The van der Waals surface area contributed by atoms with Gasteiger partial charge in [-0.05, 0) is 6.07 Å². The van der Waals surface area contributed by atoms with Crippen LogP contribution < -0.4 is 4.72 Å². The SMILES string of the molecule is O=C(O)c1csc(S(=O)(=O)Nc2cnoc2)c1. The maximum Gasteiger partial charge on any atom is 0.336 e. The molecule has 0 saturated carbocycles. The molecule has 0 amide bonds. The van der Waals surface area contributed by atoms with Crippen molar-refractivity contribution in [3.63, 3.8) is 0 Å². The molecule has 90 valence electrons. The molecule has 0 unspecified atom stereocenters. The summed E-state index contributed by atoms with van der Waals surface area (Å²) in [5, 5.41) is 13.3. The molecule has 17 heavy (non-hydrogen) atoms. The van der Waals surface area contributed by atoms with Crippen molar-refractivity contribution in [3.8, 4) is 0 Å². The molecule has 0 radical (unpaired) electrons. The molecule has 2 aromatic heterocycles. The van der Waals surface area contributed by atoms with Gasteiger partial charge in [-0.3, -0.25) is 4.72 Å². The number of rotatable bonds is 4. The summed E-state index contributed by atoms with van der Waals surface area (Å²) in [7, 11) is -3.79. The average Bonchev–Trinajstić information content (AvgIpc) is 2.84. The summed E-state index contributed by atoms with van der Waals surface area (Å²) in [5.41, 5.74) is 0.107. The highest BCUT2D eigenvalue weighted by Crippen LogP contribution is 2.22. The standard InChI is InChI=1S/C8H6N2O5S2/c11-8(12)5-1-7(16-4-5)17(13,14)10-6-2-9-15-3-6/h1-4,10H,(H,11,12). The lowest BCUT2D eigenvalue weighted by molar-refractivity contribution is 0.0697. The van der Waals surface area contributed by atoms with Gasteiger partial charge in [-0.1, -0.05) is 5.16 Å². The van der Waals surface area contributed by atoms with Gasteiger partial charge in [-0.2, -0.15) is 0 Å². The summed E-state index contributed by atoms with van der Waals surface area (Å²) in [6.07, 6.45) is 2.33. The molecule has 0 aliphatic heterocycles. The van der Waals surface area contributed by atoms with Crippen LogP contribution in [0.3, 0.4) is 0 Å². The van der Waals surface area contributed by atoms with Crippen LogP contribution in [0, 0.1) is 0 Å². The van der Waals surface area contributed by atoms with Gasteiger partial charge in [0.25, 0.3) is 10.0 Å². The Labute approximate surface area is 99.7 Å². The van der Waals surface area contributed by atoms with E-state index in [9.17, 15) is 13.2 Å². The molecule has 9 heteroatoms. The maximum absolute atomic E-state index is 11.8. The van der Waals surface area contributed by atoms with Crippen LogP contribution in [0.25, 0.3) is 0 Å². The van der Waals surface area contributed by atoms with E-state index in [1.54, 1.807) is 0 Å². The fourth-order valence-corrected chi connectivity index (χ4v) is 3.21. The fourth-order valence-electron chi connectivity index (χ4n) is 1.03. The van der Waals surface area contributed by atoms with Crippen LogP contribution in [0.5, 0.6) is 0 Å². The Morgan fingerprint density at radius 3 is 2.82 bits per heavy atom. The molecule has 0 saturated heterocycles. The van der Waals surface area contributed by atoms with Crippen molar-refractivity contribution in [1.29, 1.82) is 0 Å². The van der Waals surface area contributed by atoms with E-state index < -0.39 is 16.0 Å². The van der Waals surface area contributed by atoms with Crippen molar-refractivity contribution in [2.24, 2.45) is 0 Å². The smallest absolute Gasteiger partial charge is 0.336 e. The minimum absolute atomic E-state index is 0.0688. The number of nitrogens with one attached hydrogen (secondary N) is 1. The van der Waals surface area contributed by atoms with Gasteiger partial charge in [0.1, 0.15) is 16.2 Å². The Balaban J connectivity index is 2.28. The van der Waals surface area contributed by atoms with E-state index in [1.165, 1.54) is 11.6 Å². The van der Waals surface area contributed by atoms with E-state index in [1.807, 2.05) is 0 Å². The first-order valence-corrected chi connectivity index (χ1v) is 6.59. The molecule has 0 bridgehead atoms. The molecular weight excluding hydrogens is 268 g/mol. The van der Waals surface area contributed by atoms with Crippen molar-refractivity contribution >= 4 is 33.0 Å². The number of aromatic nitrogens is 1. The van der Waals surface area contributed by atoms with Gasteiger partial charge < -0.3 is 9.63 Å². The van der Waals surface area contributed by atoms with Crippen LogP contribution >= 0.6 is 11.3 Å². The minimum atomic E-state index is -3.79. The summed E-state index contributed by atoms with van der Waals surface area (Å²) >= 11 is 0.824. The quantitative estimate of drug-likeness (QED) is 0.867. The zero-order chi connectivity index (χ0) is 12.5. The van der Waals surface area contributed by atoms with E-state index >= 15 is 0 Å². The number of carboxylic acids is 1. The van der Waals surface area contributed by atoms with Gasteiger partial charge in [0.2, 0.25) is 0 Å². The minimum Gasteiger partial charge on any atom is -0.478 e. The predicted molar refractivity (Wildman–Crippen MR) is 58.6 cm³/mol. The highest BCUT2D eigenvalue weighted by atomic mass is 32.2. The Morgan fingerprint density at radius 2 is 2.29 bits per heavy atom.